The summed E-state index contributed by atoms with van der Waals surface area (Å²) in [5, 5.41) is 0. The van der Waals surface area contributed by atoms with Crippen LogP contribution in [0.4, 0.5) is 0 Å². The van der Waals surface area contributed by atoms with Crippen molar-refractivity contribution in [3.8, 4) is 0 Å². The summed E-state index contributed by atoms with van der Waals surface area (Å²) < 4.78 is 50.2. The van der Waals surface area contributed by atoms with Crippen molar-refractivity contribution in [2.45, 2.75) is 132 Å². The van der Waals surface area contributed by atoms with Crippen LogP contribution < -0.4 is 0 Å². The van der Waals surface area contributed by atoms with Gasteiger partial charge in [-0.2, -0.15) is 0 Å². The summed E-state index contributed by atoms with van der Waals surface area (Å²) in [6.07, 6.45) is 0. The van der Waals surface area contributed by atoms with Crippen LogP contribution in [0.25, 0.3) is 0 Å². The molecule has 30 heavy (non-hydrogen) atoms. The summed E-state index contributed by atoms with van der Waals surface area (Å²) in [5.41, 5.74) is -3.14. The minimum Gasteiger partial charge on any atom is -0.302 e. The summed E-state index contributed by atoms with van der Waals surface area (Å²) >= 11 is 0. The SMILES string of the molecule is CC(C)(C)OP(=O)(O)OC(C)(C)C.CC(C)(C)OP(=O)(OC(C)(C)C)OC(C)(C)C. The molecule has 10 heteroatoms. The second-order valence-electron chi connectivity index (χ2n) is 11.9. The van der Waals surface area contributed by atoms with Gasteiger partial charge < -0.3 is 4.89 Å². The van der Waals surface area contributed by atoms with E-state index in [1.165, 1.54) is 0 Å². The topological polar surface area (TPSA) is 101 Å². The molecule has 0 saturated carbocycles. The Hall–Kier alpha value is 0.220. The maximum atomic E-state index is 12.6. The molecule has 184 valence electrons. The Labute approximate surface area is 184 Å². The summed E-state index contributed by atoms with van der Waals surface area (Å²) in [5.74, 6) is 0. The first-order valence-corrected chi connectivity index (χ1v) is 13.0. The number of hydrogen-bond acceptors (Lipinski definition) is 7. The van der Waals surface area contributed by atoms with Gasteiger partial charge in [0.25, 0.3) is 0 Å². The zero-order valence-electron chi connectivity index (χ0n) is 21.7. The van der Waals surface area contributed by atoms with Crippen molar-refractivity contribution >= 4 is 15.6 Å². The lowest BCUT2D eigenvalue weighted by Crippen LogP contribution is -2.28. The third-order valence-electron chi connectivity index (χ3n) is 1.94. The molecule has 0 unspecified atom stereocenters. The molecule has 0 heterocycles. The lowest BCUT2D eigenvalue weighted by Gasteiger charge is -2.34. The monoisotopic (exact) mass is 476 g/mol. The fourth-order valence-electron chi connectivity index (χ4n) is 1.77. The first kappa shape index (κ1) is 32.4. The molecule has 0 radical (unpaired) electrons. The quantitative estimate of drug-likeness (QED) is 0.414. The van der Waals surface area contributed by atoms with Crippen LogP contribution in [0.3, 0.4) is 0 Å². The molecule has 8 nitrogen and oxygen atoms in total. The van der Waals surface area contributed by atoms with Crippen LogP contribution in [0, 0.1) is 0 Å². The third kappa shape index (κ3) is 22.9. The third-order valence-corrected chi connectivity index (χ3v) is 5.81. The predicted molar refractivity (Wildman–Crippen MR) is 122 cm³/mol. The maximum absolute atomic E-state index is 12.6. The molecule has 0 aliphatic rings. The van der Waals surface area contributed by atoms with Gasteiger partial charge in [-0.1, -0.05) is 0 Å². The Kier molecular flexibility index (Phi) is 11.3. The summed E-state index contributed by atoms with van der Waals surface area (Å²) in [6, 6.07) is 0. The van der Waals surface area contributed by atoms with E-state index in [1.54, 1.807) is 41.5 Å². The Morgan fingerprint density at radius 2 is 0.600 bits per heavy atom. The van der Waals surface area contributed by atoms with Crippen molar-refractivity contribution in [3.05, 3.63) is 0 Å². The molecule has 0 aromatic rings. The molecule has 0 aromatic heterocycles. The maximum Gasteiger partial charge on any atom is 0.476 e. The molecule has 1 N–H and O–H groups in total. The van der Waals surface area contributed by atoms with Crippen LogP contribution >= 0.6 is 15.6 Å². The van der Waals surface area contributed by atoms with E-state index < -0.39 is 43.7 Å². The van der Waals surface area contributed by atoms with E-state index in [0.29, 0.717) is 0 Å². The Balaban J connectivity index is 0. The Bertz CT molecular complexity index is 544. The van der Waals surface area contributed by atoms with Gasteiger partial charge in [-0.05, 0) is 104 Å². The van der Waals surface area contributed by atoms with E-state index in [-0.39, 0.29) is 0 Å². The van der Waals surface area contributed by atoms with Crippen LogP contribution in [-0.4, -0.2) is 32.9 Å². The minimum absolute atomic E-state index is 0.591. The average molecular weight is 477 g/mol. The highest BCUT2D eigenvalue weighted by atomic mass is 31.2. The van der Waals surface area contributed by atoms with Gasteiger partial charge >= 0.3 is 15.6 Å². The van der Waals surface area contributed by atoms with Crippen molar-refractivity contribution < 1.29 is 36.6 Å². The van der Waals surface area contributed by atoms with Gasteiger partial charge in [0.2, 0.25) is 0 Å². The number of hydrogen-bond donors (Lipinski definition) is 1. The van der Waals surface area contributed by atoms with Crippen molar-refractivity contribution in [2.75, 3.05) is 0 Å². The molecular formula is C20H46O8P2. The van der Waals surface area contributed by atoms with E-state index in [2.05, 4.69) is 0 Å². The second-order valence-corrected chi connectivity index (χ2v) is 14.7. The molecular weight excluding hydrogens is 430 g/mol. The predicted octanol–water partition coefficient (Wildman–Crippen LogP) is 7.26. The highest BCUT2D eigenvalue weighted by molar-refractivity contribution is 7.48. The number of rotatable bonds is 5. The highest BCUT2D eigenvalue weighted by Gasteiger charge is 2.40. The lowest BCUT2D eigenvalue weighted by atomic mass is 10.2. The molecule has 0 saturated heterocycles. The van der Waals surface area contributed by atoms with Gasteiger partial charge in [0.1, 0.15) is 0 Å². The van der Waals surface area contributed by atoms with Crippen LogP contribution in [0.2, 0.25) is 0 Å². The van der Waals surface area contributed by atoms with Crippen molar-refractivity contribution in [1.82, 2.24) is 0 Å². The van der Waals surface area contributed by atoms with Crippen molar-refractivity contribution in [1.29, 1.82) is 0 Å². The average Bonchev–Trinajstić information content (AvgIpc) is 2.09. The van der Waals surface area contributed by atoms with Gasteiger partial charge in [0.05, 0.1) is 28.0 Å². The Morgan fingerprint density at radius 3 is 0.733 bits per heavy atom. The lowest BCUT2D eigenvalue weighted by molar-refractivity contribution is -0.0265. The first-order valence-electron chi connectivity index (χ1n) is 10.00. The molecule has 0 fully saturated rings. The van der Waals surface area contributed by atoms with Crippen LogP contribution in [0.5, 0.6) is 0 Å². The molecule has 0 spiro atoms. The van der Waals surface area contributed by atoms with Crippen LogP contribution in [-0.2, 0) is 31.7 Å². The van der Waals surface area contributed by atoms with Gasteiger partial charge in [-0.25, -0.2) is 9.13 Å². The molecule has 0 bridgehead atoms. The highest BCUT2D eigenvalue weighted by Crippen LogP contribution is 2.57. The molecule has 0 rings (SSSR count). The molecule has 0 aliphatic carbocycles. The smallest absolute Gasteiger partial charge is 0.302 e. The van der Waals surface area contributed by atoms with E-state index in [4.69, 9.17) is 22.6 Å². The van der Waals surface area contributed by atoms with Crippen LogP contribution in [0.15, 0.2) is 0 Å². The normalized spacial score (nSPS) is 14.9. The van der Waals surface area contributed by atoms with E-state index in [9.17, 15) is 14.0 Å². The zero-order chi connectivity index (χ0) is 25.0. The summed E-state index contributed by atoms with van der Waals surface area (Å²) in [4.78, 5) is 9.30. The van der Waals surface area contributed by atoms with E-state index in [1.807, 2.05) is 62.3 Å². The van der Waals surface area contributed by atoms with Crippen molar-refractivity contribution in [3.63, 3.8) is 0 Å². The van der Waals surface area contributed by atoms with Crippen molar-refractivity contribution in [2.24, 2.45) is 0 Å². The molecule has 0 amide bonds. The second kappa shape index (κ2) is 10.4. The molecule has 0 atom stereocenters. The van der Waals surface area contributed by atoms with E-state index in [0.717, 1.165) is 0 Å². The van der Waals surface area contributed by atoms with E-state index >= 15 is 0 Å². The fourth-order valence-corrected chi connectivity index (χ4v) is 5.32. The fraction of sp³-hybridized carbons (Fsp3) is 1.00. The molecule has 0 aromatic carbocycles. The zero-order valence-corrected chi connectivity index (χ0v) is 23.5. The van der Waals surface area contributed by atoms with Crippen LogP contribution in [0.1, 0.15) is 104 Å². The largest absolute Gasteiger partial charge is 0.476 e. The minimum atomic E-state index is -3.94. The van der Waals surface area contributed by atoms with Gasteiger partial charge in [-0.15, -0.1) is 0 Å². The standard InChI is InChI=1S/C12H27O4P.C8H19O4P/c1-10(2,3)14-17(13,15-11(4,5)6)16-12(7,8)9;1-7(2,3)11-13(9,10)12-8(4,5)6/h1-9H3;1-6H3,(H,9,10). The van der Waals surface area contributed by atoms with Gasteiger partial charge in [-0.3, -0.25) is 22.6 Å². The van der Waals surface area contributed by atoms with Gasteiger partial charge in [0.15, 0.2) is 0 Å². The Morgan fingerprint density at radius 1 is 0.433 bits per heavy atom. The summed E-state index contributed by atoms with van der Waals surface area (Å²) in [7, 11) is -7.52. The summed E-state index contributed by atoms with van der Waals surface area (Å²) in [6.45, 7) is 26.5. The first-order chi connectivity index (χ1) is 12.5. The van der Waals surface area contributed by atoms with Gasteiger partial charge in [0, 0.05) is 0 Å². The number of phosphoric acid groups is 2. The molecule has 0 aliphatic heterocycles. The number of phosphoric ester groups is 2.